The zero-order chi connectivity index (χ0) is 22.5. The quantitative estimate of drug-likeness (QED) is 0.705. The number of rotatable bonds is 6. The molecular formula is C23H31N5O4. The topological polar surface area (TPSA) is 99.8 Å². The standard InChI is InChI=1S/C23H31N5O4/c1-24-23(30)21-20(16-5-7-18(31-2)8-6-16)25-22(26-21)17-4-3-9-28(14-17)19(29)15-27-10-12-32-13-11-27/h5-8,17H,3-4,9-15H2,1-2H3,(H,24,30)(H,25,26). The van der Waals surface area contributed by atoms with E-state index in [-0.39, 0.29) is 17.7 Å². The maximum absolute atomic E-state index is 12.9. The van der Waals surface area contributed by atoms with E-state index in [1.165, 1.54) is 0 Å². The third kappa shape index (κ3) is 4.94. The summed E-state index contributed by atoms with van der Waals surface area (Å²) < 4.78 is 10.6. The Labute approximate surface area is 188 Å². The second-order valence-corrected chi connectivity index (χ2v) is 8.22. The number of ether oxygens (including phenoxy) is 2. The van der Waals surface area contributed by atoms with Crippen molar-refractivity contribution in [1.82, 2.24) is 25.1 Å². The smallest absolute Gasteiger partial charge is 0.269 e. The number of methoxy groups -OCH3 is 1. The van der Waals surface area contributed by atoms with Crippen molar-refractivity contribution in [2.45, 2.75) is 18.8 Å². The van der Waals surface area contributed by atoms with E-state index in [9.17, 15) is 9.59 Å². The van der Waals surface area contributed by atoms with Gasteiger partial charge in [0.05, 0.1) is 26.9 Å². The van der Waals surface area contributed by atoms with Crippen LogP contribution in [0.3, 0.4) is 0 Å². The summed E-state index contributed by atoms with van der Waals surface area (Å²) >= 11 is 0. The highest BCUT2D eigenvalue weighted by molar-refractivity contribution is 5.98. The van der Waals surface area contributed by atoms with Gasteiger partial charge in [-0.05, 0) is 37.1 Å². The highest BCUT2D eigenvalue weighted by atomic mass is 16.5. The van der Waals surface area contributed by atoms with Crippen LogP contribution in [0, 0.1) is 0 Å². The summed E-state index contributed by atoms with van der Waals surface area (Å²) in [5, 5.41) is 2.69. The molecule has 0 saturated carbocycles. The fourth-order valence-electron chi connectivity index (χ4n) is 4.31. The lowest BCUT2D eigenvalue weighted by Crippen LogP contribution is -2.47. The van der Waals surface area contributed by atoms with Gasteiger partial charge >= 0.3 is 0 Å². The van der Waals surface area contributed by atoms with Gasteiger partial charge in [-0.1, -0.05) is 0 Å². The van der Waals surface area contributed by atoms with Crippen LogP contribution in [0.25, 0.3) is 11.3 Å². The molecule has 2 aliphatic rings. The largest absolute Gasteiger partial charge is 0.497 e. The molecule has 0 spiro atoms. The van der Waals surface area contributed by atoms with Gasteiger partial charge in [0, 0.05) is 44.7 Å². The van der Waals surface area contributed by atoms with E-state index in [0.29, 0.717) is 37.7 Å². The number of nitrogens with zero attached hydrogens (tertiary/aromatic N) is 3. The first-order chi connectivity index (χ1) is 15.6. The van der Waals surface area contributed by atoms with Gasteiger partial charge in [0.1, 0.15) is 23.0 Å². The van der Waals surface area contributed by atoms with E-state index in [1.54, 1.807) is 14.2 Å². The van der Waals surface area contributed by atoms with Crippen LogP contribution in [0.5, 0.6) is 5.75 Å². The zero-order valence-electron chi connectivity index (χ0n) is 18.7. The minimum atomic E-state index is -0.217. The molecule has 1 aromatic carbocycles. The molecular weight excluding hydrogens is 410 g/mol. The fourth-order valence-corrected chi connectivity index (χ4v) is 4.31. The molecule has 1 aromatic heterocycles. The molecule has 9 heteroatoms. The van der Waals surface area contributed by atoms with E-state index in [1.807, 2.05) is 29.2 Å². The first-order valence-electron chi connectivity index (χ1n) is 11.1. The maximum atomic E-state index is 12.9. The molecule has 32 heavy (non-hydrogen) atoms. The number of amides is 2. The predicted octanol–water partition coefficient (Wildman–Crippen LogP) is 1.48. The SMILES string of the molecule is CNC(=O)c1[nH]c(C2CCCN(C(=O)CN3CCOCC3)C2)nc1-c1ccc(OC)cc1. The number of H-pyrrole nitrogens is 1. The number of benzene rings is 1. The van der Waals surface area contributed by atoms with Crippen LogP contribution < -0.4 is 10.1 Å². The molecule has 1 atom stereocenters. The molecule has 2 fully saturated rings. The lowest BCUT2D eigenvalue weighted by molar-refractivity contribution is -0.134. The summed E-state index contributed by atoms with van der Waals surface area (Å²) in [5.41, 5.74) is 1.88. The number of nitrogens with one attached hydrogen (secondary N) is 2. The minimum Gasteiger partial charge on any atom is -0.497 e. The number of aromatic amines is 1. The normalized spacial score (nSPS) is 19.6. The lowest BCUT2D eigenvalue weighted by atomic mass is 9.97. The van der Waals surface area contributed by atoms with Crippen LogP contribution >= 0.6 is 0 Å². The monoisotopic (exact) mass is 441 g/mol. The first-order valence-corrected chi connectivity index (χ1v) is 11.1. The number of morpholine rings is 1. The van der Waals surface area contributed by atoms with Crippen molar-refractivity contribution in [3.8, 4) is 17.0 Å². The molecule has 9 nitrogen and oxygen atoms in total. The highest BCUT2D eigenvalue weighted by Gasteiger charge is 2.29. The molecule has 0 radical (unpaired) electrons. The van der Waals surface area contributed by atoms with Gasteiger partial charge in [-0.25, -0.2) is 4.98 Å². The van der Waals surface area contributed by atoms with Crippen molar-refractivity contribution in [3.63, 3.8) is 0 Å². The van der Waals surface area contributed by atoms with Crippen LogP contribution in [-0.4, -0.2) is 91.7 Å². The van der Waals surface area contributed by atoms with Crippen molar-refractivity contribution in [2.75, 3.05) is 60.1 Å². The molecule has 2 aliphatic heterocycles. The number of aromatic nitrogens is 2. The van der Waals surface area contributed by atoms with Crippen molar-refractivity contribution in [3.05, 3.63) is 35.8 Å². The van der Waals surface area contributed by atoms with Gasteiger partial charge in [-0.3, -0.25) is 14.5 Å². The molecule has 2 saturated heterocycles. The number of hydrogen-bond donors (Lipinski definition) is 2. The highest BCUT2D eigenvalue weighted by Crippen LogP contribution is 2.30. The first kappa shape index (κ1) is 22.3. The Hall–Kier alpha value is -2.91. The van der Waals surface area contributed by atoms with Crippen LogP contribution in [0.1, 0.15) is 35.1 Å². The van der Waals surface area contributed by atoms with E-state index in [2.05, 4.69) is 15.2 Å². The van der Waals surface area contributed by atoms with Crippen LogP contribution in [-0.2, 0) is 9.53 Å². The number of imidazole rings is 1. The van der Waals surface area contributed by atoms with E-state index >= 15 is 0 Å². The summed E-state index contributed by atoms with van der Waals surface area (Å²) in [6.07, 6.45) is 1.83. The van der Waals surface area contributed by atoms with Gasteiger partial charge in [0.25, 0.3) is 5.91 Å². The third-order valence-electron chi connectivity index (χ3n) is 6.16. The Kier molecular flexibility index (Phi) is 7.06. The molecule has 4 rings (SSSR count). The summed E-state index contributed by atoms with van der Waals surface area (Å²) in [7, 11) is 3.22. The number of likely N-dealkylation sites (tertiary alicyclic amines) is 1. The van der Waals surface area contributed by atoms with Crippen molar-refractivity contribution in [1.29, 1.82) is 0 Å². The summed E-state index contributed by atoms with van der Waals surface area (Å²) in [6, 6.07) is 7.49. The number of carbonyl (C=O) groups excluding carboxylic acids is 2. The molecule has 0 bridgehead atoms. The van der Waals surface area contributed by atoms with Crippen LogP contribution in [0.4, 0.5) is 0 Å². The number of hydrogen-bond acceptors (Lipinski definition) is 6. The maximum Gasteiger partial charge on any atom is 0.269 e. The third-order valence-corrected chi connectivity index (χ3v) is 6.16. The molecule has 0 aliphatic carbocycles. The zero-order valence-corrected chi connectivity index (χ0v) is 18.7. The van der Waals surface area contributed by atoms with Crippen LogP contribution in [0.15, 0.2) is 24.3 Å². The molecule has 1 unspecified atom stereocenters. The molecule has 2 amide bonds. The second kappa shape index (κ2) is 10.1. The van der Waals surface area contributed by atoms with E-state index in [4.69, 9.17) is 14.5 Å². The van der Waals surface area contributed by atoms with Crippen molar-refractivity contribution in [2.24, 2.45) is 0 Å². The summed E-state index contributed by atoms with van der Waals surface area (Å²) in [4.78, 5) is 37.6. The van der Waals surface area contributed by atoms with Crippen molar-refractivity contribution >= 4 is 11.8 Å². The fraction of sp³-hybridized carbons (Fsp3) is 0.522. The number of piperidine rings is 1. The average molecular weight is 442 g/mol. The van der Waals surface area contributed by atoms with Gasteiger partial charge in [-0.2, -0.15) is 0 Å². The van der Waals surface area contributed by atoms with E-state index < -0.39 is 0 Å². The minimum absolute atomic E-state index is 0.0628. The van der Waals surface area contributed by atoms with E-state index in [0.717, 1.165) is 49.6 Å². The van der Waals surface area contributed by atoms with Gasteiger partial charge in [0.2, 0.25) is 5.91 Å². The predicted molar refractivity (Wildman–Crippen MR) is 120 cm³/mol. The van der Waals surface area contributed by atoms with Gasteiger partial charge in [0.15, 0.2) is 0 Å². The Bertz CT molecular complexity index is 936. The number of carbonyl (C=O) groups is 2. The summed E-state index contributed by atoms with van der Waals surface area (Å²) in [6.45, 7) is 4.73. The lowest BCUT2D eigenvalue weighted by Gasteiger charge is -2.34. The van der Waals surface area contributed by atoms with Gasteiger partial charge in [-0.15, -0.1) is 0 Å². The van der Waals surface area contributed by atoms with Crippen molar-refractivity contribution < 1.29 is 19.1 Å². The Morgan fingerprint density at radius 3 is 2.66 bits per heavy atom. The average Bonchev–Trinajstić information content (AvgIpc) is 3.30. The summed E-state index contributed by atoms with van der Waals surface area (Å²) in [5.74, 6) is 1.48. The Morgan fingerprint density at radius 1 is 1.22 bits per heavy atom. The second-order valence-electron chi connectivity index (χ2n) is 8.22. The van der Waals surface area contributed by atoms with Gasteiger partial charge < -0.3 is 24.7 Å². The molecule has 3 heterocycles. The molecule has 2 aromatic rings. The molecule has 2 N–H and O–H groups in total. The Balaban J connectivity index is 1.52. The Morgan fingerprint density at radius 2 is 1.97 bits per heavy atom. The molecule has 172 valence electrons. The van der Waals surface area contributed by atoms with Crippen LogP contribution in [0.2, 0.25) is 0 Å².